The Bertz CT molecular complexity index is 501. The number of anilines is 3. The fourth-order valence-electron chi connectivity index (χ4n) is 1.91. The molecule has 0 radical (unpaired) electrons. The molecule has 0 unspecified atom stereocenters. The summed E-state index contributed by atoms with van der Waals surface area (Å²) >= 11 is 0. The number of nitrogens with zero attached hydrogens (tertiary/aromatic N) is 2. The van der Waals surface area contributed by atoms with Gasteiger partial charge in [-0.3, -0.25) is 0 Å². The Labute approximate surface area is 106 Å². The van der Waals surface area contributed by atoms with Gasteiger partial charge in [0.25, 0.3) is 0 Å². The minimum Gasteiger partial charge on any atom is -0.383 e. The average Bonchev–Trinajstić information content (AvgIpc) is 2.34. The summed E-state index contributed by atoms with van der Waals surface area (Å²) in [5.41, 5.74) is 19.1. The molecule has 0 atom stereocenters. The van der Waals surface area contributed by atoms with Crippen molar-refractivity contribution in [3.05, 3.63) is 41.5 Å². The van der Waals surface area contributed by atoms with E-state index in [-0.39, 0.29) is 5.95 Å². The van der Waals surface area contributed by atoms with Crippen molar-refractivity contribution < 1.29 is 0 Å². The number of benzene rings is 1. The van der Waals surface area contributed by atoms with Crippen molar-refractivity contribution in [2.24, 2.45) is 0 Å². The molecule has 94 valence electrons. The predicted molar refractivity (Wildman–Crippen MR) is 73.7 cm³/mol. The van der Waals surface area contributed by atoms with Gasteiger partial charge in [-0.1, -0.05) is 30.3 Å². The maximum atomic E-state index is 5.79. The number of hydrogen-bond acceptors (Lipinski definition) is 5. The van der Waals surface area contributed by atoms with Gasteiger partial charge in [0, 0.05) is 5.56 Å². The Balaban J connectivity index is 1.99. The van der Waals surface area contributed by atoms with Gasteiger partial charge in [0.2, 0.25) is 5.95 Å². The molecule has 0 amide bonds. The van der Waals surface area contributed by atoms with Crippen molar-refractivity contribution in [1.29, 1.82) is 0 Å². The zero-order chi connectivity index (χ0) is 13.0. The molecule has 6 N–H and O–H groups in total. The van der Waals surface area contributed by atoms with E-state index < -0.39 is 0 Å². The van der Waals surface area contributed by atoms with Crippen LogP contribution in [0.15, 0.2) is 30.3 Å². The largest absolute Gasteiger partial charge is 0.383 e. The Kier molecular flexibility index (Phi) is 3.62. The van der Waals surface area contributed by atoms with E-state index in [9.17, 15) is 0 Å². The SMILES string of the molecule is Nc1nc(N)c(CCCc2ccccc2)c(N)n1. The summed E-state index contributed by atoms with van der Waals surface area (Å²) in [6.45, 7) is 0. The molecule has 0 saturated heterocycles. The number of aryl methyl sites for hydroxylation is 1. The molecular formula is C13H17N5. The highest BCUT2D eigenvalue weighted by Gasteiger charge is 2.08. The molecule has 1 aromatic carbocycles. The molecule has 0 spiro atoms. The molecule has 0 aliphatic heterocycles. The normalized spacial score (nSPS) is 10.4. The summed E-state index contributed by atoms with van der Waals surface area (Å²) in [6, 6.07) is 10.3. The maximum Gasteiger partial charge on any atom is 0.223 e. The Hall–Kier alpha value is -2.30. The quantitative estimate of drug-likeness (QED) is 0.753. The smallest absolute Gasteiger partial charge is 0.223 e. The first kappa shape index (κ1) is 12.2. The molecule has 0 fully saturated rings. The van der Waals surface area contributed by atoms with Gasteiger partial charge in [-0.2, -0.15) is 9.97 Å². The second-order valence-electron chi connectivity index (χ2n) is 4.17. The van der Waals surface area contributed by atoms with E-state index in [2.05, 4.69) is 22.1 Å². The summed E-state index contributed by atoms with van der Waals surface area (Å²) < 4.78 is 0. The zero-order valence-electron chi connectivity index (χ0n) is 10.1. The lowest BCUT2D eigenvalue weighted by Crippen LogP contribution is -2.09. The monoisotopic (exact) mass is 243 g/mol. The van der Waals surface area contributed by atoms with Crippen LogP contribution in [0.4, 0.5) is 17.6 Å². The summed E-state index contributed by atoms with van der Waals surface area (Å²) in [4.78, 5) is 7.85. The Morgan fingerprint density at radius 1 is 0.833 bits per heavy atom. The standard InChI is InChI=1S/C13H17N5/c14-11-10(12(15)18-13(16)17-11)8-4-7-9-5-2-1-3-6-9/h1-3,5-6H,4,7-8H2,(H6,14,15,16,17,18). The molecule has 5 nitrogen and oxygen atoms in total. The highest BCUT2D eigenvalue weighted by Crippen LogP contribution is 2.19. The lowest BCUT2D eigenvalue weighted by molar-refractivity contribution is 0.817. The zero-order valence-corrected chi connectivity index (χ0v) is 10.1. The van der Waals surface area contributed by atoms with Crippen molar-refractivity contribution in [3.63, 3.8) is 0 Å². The van der Waals surface area contributed by atoms with Crippen molar-refractivity contribution in [2.45, 2.75) is 19.3 Å². The number of nitrogen functional groups attached to an aromatic ring is 3. The van der Waals surface area contributed by atoms with Crippen molar-refractivity contribution in [3.8, 4) is 0 Å². The van der Waals surface area contributed by atoms with Crippen LogP contribution in [0.2, 0.25) is 0 Å². The Morgan fingerprint density at radius 3 is 2.06 bits per heavy atom. The van der Waals surface area contributed by atoms with Gasteiger partial charge in [-0.05, 0) is 24.8 Å². The van der Waals surface area contributed by atoms with E-state index in [0.717, 1.165) is 24.8 Å². The van der Waals surface area contributed by atoms with Crippen LogP contribution < -0.4 is 17.2 Å². The van der Waals surface area contributed by atoms with Crippen LogP contribution in [-0.2, 0) is 12.8 Å². The summed E-state index contributed by atoms with van der Waals surface area (Å²) in [7, 11) is 0. The van der Waals surface area contributed by atoms with Crippen LogP contribution in [0.3, 0.4) is 0 Å². The number of nitrogens with two attached hydrogens (primary N) is 3. The van der Waals surface area contributed by atoms with Gasteiger partial charge < -0.3 is 17.2 Å². The minimum absolute atomic E-state index is 0.122. The maximum absolute atomic E-state index is 5.79. The van der Waals surface area contributed by atoms with Gasteiger partial charge in [0.15, 0.2) is 0 Å². The topological polar surface area (TPSA) is 104 Å². The van der Waals surface area contributed by atoms with Gasteiger partial charge in [0.1, 0.15) is 11.6 Å². The molecule has 0 aliphatic carbocycles. The Morgan fingerprint density at radius 2 is 1.44 bits per heavy atom. The van der Waals surface area contributed by atoms with Crippen molar-refractivity contribution in [2.75, 3.05) is 17.2 Å². The third kappa shape index (κ3) is 2.88. The fourth-order valence-corrected chi connectivity index (χ4v) is 1.91. The second kappa shape index (κ2) is 5.35. The lowest BCUT2D eigenvalue weighted by atomic mass is 10.0. The molecule has 0 aliphatic rings. The van der Waals surface area contributed by atoms with E-state index in [1.165, 1.54) is 5.56 Å². The third-order valence-electron chi connectivity index (χ3n) is 2.82. The van der Waals surface area contributed by atoms with Gasteiger partial charge in [-0.15, -0.1) is 0 Å². The second-order valence-corrected chi connectivity index (χ2v) is 4.17. The summed E-state index contributed by atoms with van der Waals surface area (Å²) in [5, 5.41) is 0. The first-order valence-electron chi connectivity index (χ1n) is 5.88. The van der Waals surface area contributed by atoms with Crippen LogP contribution in [-0.4, -0.2) is 9.97 Å². The van der Waals surface area contributed by atoms with Crippen molar-refractivity contribution in [1.82, 2.24) is 9.97 Å². The molecule has 2 aromatic rings. The van der Waals surface area contributed by atoms with Crippen LogP contribution in [0.1, 0.15) is 17.5 Å². The van der Waals surface area contributed by atoms with Crippen molar-refractivity contribution >= 4 is 17.6 Å². The number of aromatic nitrogens is 2. The molecule has 1 heterocycles. The molecule has 0 saturated carbocycles. The third-order valence-corrected chi connectivity index (χ3v) is 2.82. The van der Waals surface area contributed by atoms with Crippen LogP contribution >= 0.6 is 0 Å². The average molecular weight is 243 g/mol. The minimum atomic E-state index is 0.122. The van der Waals surface area contributed by atoms with E-state index in [1.54, 1.807) is 0 Å². The first-order chi connectivity index (χ1) is 8.66. The highest BCUT2D eigenvalue weighted by atomic mass is 15.1. The highest BCUT2D eigenvalue weighted by molar-refractivity contribution is 5.55. The van der Waals surface area contributed by atoms with Crippen LogP contribution in [0.25, 0.3) is 0 Å². The predicted octanol–water partition coefficient (Wildman–Crippen LogP) is 1.40. The summed E-state index contributed by atoms with van der Waals surface area (Å²) in [6.07, 6.45) is 2.68. The molecular weight excluding hydrogens is 226 g/mol. The fraction of sp³-hybridized carbons (Fsp3) is 0.231. The van der Waals surface area contributed by atoms with E-state index in [4.69, 9.17) is 17.2 Å². The lowest BCUT2D eigenvalue weighted by Gasteiger charge is -2.08. The molecule has 5 heteroatoms. The van der Waals surface area contributed by atoms with Gasteiger partial charge >= 0.3 is 0 Å². The van der Waals surface area contributed by atoms with Crippen LogP contribution in [0.5, 0.6) is 0 Å². The van der Waals surface area contributed by atoms with E-state index in [0.29, 0.717) is 11.6 Å². The number of hydrogen-bond donors (Lipinski definition) is 3. The first-order valence-corrected chi connectivity index (χ1v) is 5.88. The summed E-state index contributed by atoms with van der Waals surface area (Å²) in [5.74, 6) is 0.887. The molecule has 1 aromatic heterocycles. The number of rotatable bonds is 4. The van der Waals surface area contributed by atoms with Gasteiger partial charge in [0.05, 0.1) is 0 Å². The van der Waals surface area contributed by atoms with Gasteiger partial charge in [-0.25, -0.2) is 0 Å². The molecule has 18 heavy (non-hydrogen) atoms. The van der Waals surface area contributed by atoms with E-state index in [1.807, 2.05) is 18.2 Å². The molecule has 2 rings (SSSR count). The van der Waals surface area contributed by atoms with E-state index >= 15 is 0 Å². The molecule has 0 bridgehead atoms. The van der Waals surface area contributed by atoms with Crippen LogP contribution in [0, 0.1) is 0 Å².